The zero-order valence-electron chi connectivity index (χ0n) is 5.12. The van der Waals surface area contributed by atoms with Crippen molar-refractivity contribution in [2.24, 2.45) is 5.73 Å². The molecule has 3 nitrogen and oxygen atoms in total. The van der Waals surface area contributed by atoms with Crippen molar-refractivity contribution in [3.05, 3.63) is 0 Å². The second-order valence-corrected chi connectivity index (χ2v) is 2.04. The lowest BCUT2D eigenvalue weighted by molar-refractivity contribution is -0.0698. The van der Waals surface area contributed by atoms with Gasteiger partial charge in [-0.25, -0.2) is 0 Å². The number of hydrogen-bond donors (Lipinski definition) is 2. The SMILES string of the molecule is Cl.NC1OCCC[C@H]1O. The molecular weight excluding hydrogens is 142 g/mol. The molecule has 1 unspecified atom stereocenters. The van der Waals surface area contributed by atoms with Crippen LogP contribution >= 0.6 is 12.4 Å². The molecule has 56 valence electrons. The molecule has 1 rings (SSSR count). The Kier molecular flexibility index (Phi) is 4.14. The highest BCUT2D eigenvalue weighted by Crippen LogP contribution is 2.08. The van der Waals surface area contributed by atoms with Crippen LogP contribution in [0.2, 0.25) is 0 Å². The van der Waals surface area contributed by atoms with Crippen molar-refractivity contribution in [2.75, 3.05) is 6.61 Å². The van der Waals surface area contributed by atoms with E-state index in [4.69, 9.17) is 15.6 Å². The first-order valence-electron chi connectivity index (χ1n) is 2.86. The molecule has 1 aliphatic heterocycles. The fraction of sp³-hybridized carbons (Fsp3) is 1.00. The number of hydrogen-bond acceptors (Lipinski definition) is 3. The van der Waals surface area contributed by atoms with Crippen molar-refractivity contribution in [2.45, 2.75) is 25.2 Å². The van der Waals surface area contributed by atoms with Gasteiger partial charge in [-0.1, -0.05) is 0 Å². The smallest absolute Gasteiger partial charge is 0.131 e. The molecule has 1 saturated heterocycles. The molecule has 0 saturated carbocycles. The van der Waals surface area contributed by atoms with E-state index in [2.05, 4.69) is 0 Å². The van der Waals surface area contributed by atoms with Gasteiger partial charge in [-0.2, -0.15) is 0 Å². The fourth-order valence-corrected chi connectivity index (χ4v) is 0.787. The summed E-state index contributed by atoms with van der Waals surface area (Å²) < 4.78 is 4.92. The van der Waals surface area contributed by atoms with Crippen LogP contribution in [0.4, 0.5) is 0 Å². The summed E-state index contributed by atoms with van der Waals surface area (Å²) in [5.41, 5.74) is 5.31. The van der Waals surface area contributed by atoms with Crippen LogP contribution in [0.3, 0.4) is 0 Å². The van der Waals surface area contributed by atoms with Gasteiger partial charge < -0.3 is 15.6 Å². The molecule has 1 fully saturated rings. The minimum Gasteiger partial charge on any atom is -0.389 e. The van der Waals surface area contributed by atoms with Gasteiger partial charge in [0.05, 0.1) is 6.10 Å². The average Bonchev–Trinajstić information content (AvgIpc) is 1.77. The van der Waals surface area contributed by atoms with E-state index in [0.717, 1.165) is 12.8 Å². The van der Waals surface area contributed by atoms with Crippen LogP contribution in [0.1, 0.15) is 12.8 Å². The van der Waals surface area contributed by atoms with Crippen LogP contribution in [-0.2, 0) is 4.74 Å². The Morgan fingerprint density at radius 1 is 1.56 bits per heavy atom. The largest absolute Gasteiger partial charge is 0.389 e. The Morgan fingerprint density at radius 2 is 2.22 bits per heavy atom. The van der Waals surface area contributed by atoms with Crippen molar-refractivity contribution in [3.8, 4) is 0 Å². The molecule has 0 aromatic heterocycles. The molecule has 0 spiro atoms. The highest BCUT2D eigenvalue weighted by Gasteiger charge is 2.18. The van der Waals surface area contributed by atoms with Crippen LogP contribution in [0.25, 0.3) is 0 Å². The van der Waals surface area contributed by atoms with E-state index in [1.54, 1.807) is 0 Å². The lowest BCUT2D eigenvalue weighted by atomic mass is 10.1. The highest BCUT2D eigenvalue weighted by atomic mass is 35.5. The third-order valence-corrected chi connectivity index (χ3v) is 1.33. The van der Waals surface area contributed by atoms with E-state index in [0.29, 0.717) is 6.61 Å². The van der Waals surface area contributed by atoms with Gasteiger partial charge in [0, 0.05) is 6.61 Å². The fourth-order valence-electron chi connectivity index (χ4n) is 0.787. The summed E-state index contributed by atoms with van der Waals surface area (Å²) in [4.78, 5) is 0. The molecule has 0 aliphatic carbocycles. The first-order valence-corrected chi connectivity index (χ1v) is 2.86. The summed E-state index contributed by atoms with van der Waals surface area (Å²) in [6, 6.07) is 0. The lowest BCUT2D eigenvalue weighted by Crippen LogP contribution is -2.40. The summed E-state index contributed by atoms with van der Waals surface area (Å²) in [6.45, 7) is 0.693. The Bertz CT molecular complexity index is 71.4. The maximum atomic E-state index is 8.93. The number of ether oxygens (including phenoxy) is 1. The number of halogens is 1. The third kappa shape index (κ3) is 2.49. The van der Waals surface area contributed by atoms with E-state index >= 15 is 0 Å². The molecule has 0 aromatic rings. The Hall–Kier alpha value is 0.170. The van der Waals surface area contributed by atoms with Gasteiger partial charge in [-0.3, -0.25) is 0 Å². The molecule has 0 amide bonds. The summed E-state index contributed by atoms with van der Waals surface area (Å²) in [6.07, 6.45) is 0.822. The van der Waals surface area contributed by atoms with Gasteiger partial charge >= 0.3 is 0 Å². The molecule has 4 heteroatoms. The average molecular weight is 154 g/mol. The topological polar surface area (TPSA) is 55.5 Å². The van der Waals surface area contributed by atoms with Crippen molar-refractivity contribution in [1.82, 2.24) is 0 Å². The Morgan fingerprint density at radius 3 is 2.56 bits per heavy atom. The predicted molar refractivity (Wildman–Crippen MR) is 36.4 cm³/mol. The molecule has 1 aliphatic rings. The first kappa shape index (κ1) is 9.17. The van der Waals surface area contributed by atoms with Gasteiger partial charge in [0.1, 0.15) is 6.23 Å². The standard InChI is InChI=1S/C5H11NO2.ClH/c6-5-4(7)2-1-3-8-5;/h4-5,7H,1-3,6H2;1H/t4-,5?;/m1./s1. The van der Waals surface area contributed by atoms with E-state index < -0.39 is 12.3 Å². The normalized spacial score (nSPS) is 35.3. The van der Waals surface area contributed by atoms with Crippen molar-refractivity contribution in [3.63, 3.8) is 0 Å². The summed E-state index contributed by atoms with van der Waals surface area (Å²) >= 11 is 0. The maximum Gasteiger partial charge on any atom is 0.131 e. The Labute approximate surface area is 60.6 Å². The molecule has 2 atom stereocenters. The van der Waals surface area contributed by atoms with E-state index in [9.17, 15) is 0 Å². The van der Waals surface area contributed by atoms with Crippen LogP contribution in [0, 0.1) is 0 Å². The number of aliphatic hydroxyl groups is 1. The van der Waals surface area contributed by atoms with Gasteiger partial charge in [-0.05, 0) is 12.8 Å². The zero-order chi connectivity index (χ0) is 5.98. The number of aliphatic hydroxyl groups excluding tert-OH is 1. The molecule has 0 bridgehead atoms. The van der Waals surface area contributed by atoms with Gasteiger partial charge in [0.2, 0.25) is 0 Å². The molecular formula is C5H12ClNO2. The summed E-state index contributed by atoms with van der Waals surface area (Å²) in [7, 11) is 0. The minimum absolute atomic E-state index is 0. The van der Waals surface area contributed by atoms with Crippen molar-refractivity contribution >= 4 is 12.4 Å². The van der Waals surface area contributed by atoms with Crippen molar-refractivity contribution in [1.29, 1.82) is 0 Å². The summed E-state index contributed by atoms with van der Waals surface area (Å²) in [5, 5.41) is 8.93. The van der Waals surface area contributed by atoms with Gasteiger partial charge in [0.25, 0.3) is 0 Å². The van der Waals surface area contributed by atoms with Crippen LogP contribution in [0.5, 0.6) is 0 Å². The van der Waals surface area contributed by atoms with Crippen LogP contribution in [0.15, 0.2) is 0 Å². The molecule has 0 radical (unpaired) electrons. The van der Waals surface area contributed by atoms with Crippen LogP contribution < -0.4 is 5.73 Å². The monoisotopic (exact) mass is 153 g/mol. The summed E-state index contributed by atoms with van der Waals surface area (Å²) in [5.74, 6) is 0. The van der Waals surface area contributed by atoms with Crippen molar-refractivity contribution < 1.29 is 9.84 Å². The molecule has 1 heterocycles. The molecule has 9 heavy (non-hydrogen) atoms. The quantitative estimate of drug-likeness (QED) is 0.510. The zero-order valence-corrected chi connectivity index (χ0v) is 5.93. The minimum atomic E-state index is -0.441. The third-order valence-electron chi connectivity index (χ3n) is 1.33. The Balaban J connectivity index is 0.000000640. The number of rotatable bonds is 0. The highest BCUT2D eigenvalue weighted by molar-refractivity contribution is 5.85. The van der Waals surface area contributed by atoms with E-state index in [1.807, 2.05) is 0 Å². The predicted octanol–water partition coefficient (Wildman–Crippen LogP) is -0.136. The molecule has 3 N–H and O–H groups in total. The second-order valence-electron chi connectivity index (χ2n) is 2.04. The van der Waals surface area contributed by atoms with Gasteiger partial charge in [-0.15, -0.1) is 12.4 Å². The molecule has 0 aromatic carbocycles. The van der Waals surface area contributed by atoms with E-state index in [-0.39, 0.29) is 12.4 Å². The second kappa shape index (κ2) is 4.06. The first-order chi connectivity index (χ1) is 3.80. The number of nitrogens with two attached hydrogens (primary N) is 1. The lowest BCUT2D eigenvalue weighted by Gasteiger charge is -2.23. The van der Waals surface area contributed by atoms with E-state index in [1.165, 1.54) is 0 Å². The van der Waals surface area contributed by atoms with Crippen LogP contribution in [-0.4, -0.2) is 24.0 Å². The maximum absolute atomic E-state index is 8.93. The van der Waals surface area contributed by atoms with Gasteiger partial charge in [0.15, 0.2) is 0 Å².